The summed E-state index contributed by atoms with van der Waals surface area (Å²) >= 11 is 1.48. The van der Waals surface area contributed by atoms with E-state index in [1.807, 2.05) is 47.8 Å². The second-order valence-corrected chi connectivity index (χ2v) is 9.54. The lowest BCUT2D eigenvalue weighted by atomic mass is 9.97. The van der Waals surface area contributed by atoms with Crippen molar-refractivity contribution in [3.05, 3.63) is 65.7 Å². The summed E-state index contributed by atoms with van der Waals surface area (Å²) < 4.78 is 30.5. The predicted octanol–water partition coefficient (Wildman–Crippen LogP) is 4.77. The Hall–Kier alpha value is -2.22. The molecule has 146 valence electrons. The topological polar surface area (TPSA) is 64.0 Å². The maximum Gasteiger partial charge on any atom is 0.244 e. The molecule has 0 saturated heterocycles. The third-order valence-corrected chi connectivity index (χ3v) is 7.21. The Labute approximate surface area is 169 Å². The third kappa shape index (κ3) is 4.27. The highest BCUT2D eigenvalue weighted by Crippen LogP contribution is 2.30. The molecule has 0 unspecified atom stereocenters. The van der Waals surface area contributed by atoms with Crippen LogP contribution in [0.5, 0.6) is 0 Å². The van der Waals surface area contributed by atoms with Gasteiger partial charge in [0, 0.05) is 6.54 Å². The summed E-state index contributed by atoms with van der Waals surface area (Å²) in [6.45, 7) is 0.411. The molecule has 1 aliphatic carbocycles. The zero-order chi connectivity index (χ0) is 19.4. The average Bonchev–Trinajstić information content (AvgIpc) is 3.39. The number of nitrogens with one attached hydrogen (secondary N) is 1. The van der Waals surface area contributed by atoms with Crippen molar-refractivity contribution >= 4 is 21.4 Å². The van der Waals surface area contributed by atoms with Crippen molar-refractivity contribution in [3.8, 4) is 16.3 Å². The molecule has 7 heteroatoms. The molecule has 0 spiro atoms. The van der Waals surface area contributed by atoms with Crippen LogP contribution in [0, 0.1) is 0 Å². The van der Waals surface area contributed by atoms with Crippen LogP contribution in [0.1, 0.15) is 32.1 Å². The average molecular weight is 414 g/mol. The van der Waals surface area contributed by atoms with Gasteiger partial charge in [-0.2, -0.15) is 5.10 Å². The van der Waals surface area contributed by atoms with Crippen LogP contribution in [0.2, 0.25) is 0 Å². The van der Waals surface area contributed by atoms with E-state index >= 15 is 0 Å². The predicted molar refractivity (Wildman–Crippen MR) is 113 cm³/mol. The first kappa shape index (κ1) is 19.1. The maximum atomic E-state index is 13.1. The largest absolute Gasteiger partial charge is 0.244 e. The summed E-state index contributed by atoms with van der Waals surface area (Å²) in [5.74, 6) is 0. The highest BCUT2D eigenvalue weighted by atomic mass is 32.2. The Morgan fingerprint density at radius 3 is 2.68 bits per heavy atom. The van der Waals surface area contributed by atoms with Crippen LogP contribution in [-0.4, -0.2) is 24.7 Å². The molecule has 1 N–H and O–H groups in total. The van der Waals surface area contributed by atoms with E-state index in [1.165, 1.54) is 29.8 Å². The van der Waals surface area contributed by atoms with Gasteiger partial charge in [0.05, 0.1) is 16.8 Å². The first-order valence-electron chi connectivity index (χ1n) is 9.50. The van der Waals surface area contributed by atoms with Gasteiger partial charge in [0.1, 0.15) is 10.6 Å². The second-order valence-electron chi connectivity index (χ2n) is 6.86. The van der Waals surface area contributed by atoms with E-state index in [9.17, 15) is 8.42 Å². The van der Waals surface area contributed by atoms with Crippen LogP contribution in [0.25, 0.3) is 16.3 Å². The van der Waals surface area contributed by atoms with E-state index in [4.69, 9.17) is 0 Å². The summed E-state index contributed by atoms with van der Waals surface area (Å²) in [6, 6.07) is 13.4. The quantitative estimate of drug-likeness (QED) is 0.568. The van der Waals surface area contributed by atoms with Gasteiger partial charge < -0.3 is 0 Å². The smallest absolute Gasteiger partial charge is 0.239 e. The van der Waals surface area contributed by atoms with Gasteiger partial charge in [0.2, 0.25) is 10.0 Å². The summed E-state index contributed by atoms with van der Waals surface area (Å²) in [4.78, 5) is 1.06. The number of aromatic nitrogens is 2. The molecule has 4 rings (SSSR count). The zero-order valence-corrected chi connectivity index (χ0v) is 17.2. The minimum Gasteiger partial charge on any atom is -0.239 e. The minimum absolute atomic E-state index is 0.219. The Morgan fingerprint density at radius 2 is 1.96 bits per heavy atom. The van der Waals surface area contributed by atoms with Crippen LogP contribution in [0.4, 0.5) is 0 Å². The molecule has 1 aromatic carbocycles. The molecular weight excluding hydrogens is 390 g/mol. The molecular formula is C21H23N3O2S2. The lowest BCUT2D eigenvalue weighted by molar-refractivity contribution is 0.579. The highest BCUT2D eigenvalue weighted by molar-refractivity contribution is 7.89. The van der Waals surface area contributed by atoms with Crippen molar-refractivity contribution in [2.75, 3.05) is 6.54 Å². The first-order chi connectivity index (χ1) is 13.6. The molecule has 0 bridgehead atoms. The van der Waals surface area contributed by atoms with Crippen molar-refractivity contribution in [1.29, 1.82) is 0 Å². The fourth-order valence-corrected chi connectivity index (χ4v) is 5.37. The fourth-order valence-electron chi connectivity index (χ4n) is 3.41. The molecule has 28 heavy (non-hydrogen) atoms. The summed E-state index contributed by atoms with van der Waals surface area (Å²) in [7, 11) is -3.66. The van der Waals surface area contributed by atoms with Gasteiger partial charge in [-0.05, 0) is 55.7 Å². The molecule has 0 atom stereocenters. The van der Waals surface area contributed by atoms with E-state index in [0.29, 0.717) is 12.2 Å². The molecule has 0 amide bonds. The lowest BCUT2D eigenvalue weighted by Gasteiger charge is -2.13. The normalized spacial score (nSPS) is 14.8. The molecule has 0 aliphatic heterocycles. The van der Waals surface area contributed by atoms with Crippen molar-refractivity contribution < 1.29 is 8.42 Å². The van der Waals surface area contributed by atoms with E-state index in [0.717, 1.165) is 29.8 Å². The van der Waals surface area contributed by atoms with E-state index < -0.39 is 10.0 Å². The van der Waals surface area contributed by atoms with E-state index in [-0.39, 0.29) is 4.90 Å². The van der Waals surface area contributed by atoms with E-state index in [1.54, 1.807) is 10.9 Å². The lowest BCUT2D eigenvalue weighted by Crippen LogP contribution is -2.25. The Morgan fingerprint density at radius 1 is 1.11 bits per heavy atom. The summed E-state index contributed by atoms with van der Waals surface area (Å²) in [6.07, 6.45) is 9.24. The highest BCUT2D eigenvalue weighted by Gasteiger charge is 2.24. The SMILES string of the molecule is O=S(=O)(NCCC1=CCCCC1)c1cn(-c2ccccc2)nc1-c1cccs1. The number of benzene rings is 1. The molecule has 3 aromatic rings. The zero-order valence-electron chi connectivity index (χ0n) is 15.5. The van der Waals surface area contributed by atoms with Gasteiger partial charge in [-0.1, -0.05) is 35.9 Å². The minimum atomic E-state index is -3.66. The Bertz CT molecular complexity index is 1050. The molecule has 5 nitrogen and oxygen atoms in total. The number of nitrogens with zero attached hydrogens (tertiary/aromatic N) is 2. The molecule has 0 saturated carbocycles. The molecule has 0 radical (unpaired) electrons. The van der Waals surface area contributed by atoms with Gasteiger partial charge >= 0.3 is 0 Å². The summed E-state index contributed by atoms with van der Waals surface area (Å²) in [5, 5.41) is 6.51. The molecule has 0 fully saturated rings. The Balaban J connectivity index is 1.61. The van der Waals surface area contributed by atoms with Gasteiger partial charge in [0.15, 0.2) is 0 Å². The van der Waals surface area contributed by atoms with Crippen LogP contribution >= 0.6 is 11.3 Å². The third-order valence-electron chi connectivity index (χ3n) is 4.87. The van der Waals surface area contributed by atoms with Gasteiger partial charge in [-0.25, -0.2) is 17.8 Å². The number of allylic oxidation sites excluding steroid dienone is 1. The standard InChI is InChI=1S/C21H23N3O2S2/c25-28(26,22-14-13-17-8-3-1-4-9-17)20-16-24(18-10-5-2-6-11-18)23-21(20)19-12-7-15-27-19/h2,5-8,10-12,15-16,22H,1,3-4,9,13-14H2. The maximum absolute atomic E-state index is 13.1. The van der Waals surface area contributed by atoms with Crippen LogP contribution < -0.4 is 4.72 Å². The molecule has 1 aliphatic rings. The van der Waals surface area contributed by atoms with Gasteiger partial charge in [-0.3, -0.25) is 0 Å². The van der Waals surface area contributed by atoms with E-state index in [2.05, 4.69) is 15.9 Å². The fraction of sp³-hybridized carbons (Fsp3) is 0.286. The van der Waals surface area contributed by atoms with Crippen LogP contribution in [0.15, 0.2) is 70.6 Å². The van der Waals surface area contributed by atoms with Crippen molar-refractivity contribution in [2.45, 2.75) is 37.0 Å². The van der Waals surface area contributed by atoms with Crippen molar-refractivity contribution in [2.24, 2.45) is 0 Å². The van der Waals surface area contributed by atoms with Crippen LogP contribution in [-0.2, 0) is 10.0 Å². The number of hydrogen-bond donors (Lipinski definition) is 1. The second kappa shape index (κ2) is 8.43. The van der Waals surface area contributed by atoms with Crippen LogP contribution in [0.3, 0.4) is 0 Å². The van der Waals surface area contributed by atoms with Crippen molar-refractivity contribution in [3.63, 3.8) is 0 Å². The number of hydrogen-bond acceptors (Lipinski definition) is 4. The molecule has 2 aromatic heterocycles. The molecule has 2 heterocycles. The van der Waals surface area contributed by atoms with Gasteiger partial charge in [0.25, 0.3) is 0 Å². The number of para-hydroxylation sites is 1. The summed E-state index contributed by atoms with van der Waals surface area (Å²) in [5.41, 5.74) is 2.67. The number of rotatable bonds is 7. The van der Waals surface area contributed by atoms with Gasteiger partial charge in [-0.15, -0.1) is 11.3 Å². The van der Waals surface area contributed by atoms with Crippen molar-refractivity contribution in [1.82, 2.24) is 14.5 Å². The monoisotopic (exact) mass is 413 g/mol. The number of sulfonamides is 1. The Kier molecular flexibility index (Phi) is 5.75. The first-order valence-corrected chi connectivity index (χ1v) is 11.9. The number of thiophene rings is 1.